The van der Waals surface area contributed by atoms with E-state index in [2.05, 4.69) is 4.98 Å². The Hall–Kier alpha value is -3.58. The summed E-state index contributed by atoms with van der Waals surface area (Å²) in [6.45, 7) is 1.44. The monoisotopic (exact) mass is 525 g/mol. The molecule has 4 aromatic rings. The van der Waals surface area contributed by atoms with E-state index in [1.807, 2.05) is 0 Å². The number of rotatable bonds is 7. The first kappa shape index (κ1) is 24.5. The average Bonchev–Trinajstić information content (AvgIpc) is 3.35. The Kier molecular flexibility index (Phi) is 6.23. The fourth-order valence-corrected chi connectivity index (χ4v) is 4.87. The van der Waals surface area contributed by atoms with Gasteiger partial charge in [0.05, 0.1) is 22.9 Å². The van der Waals surface area contributed by atoms with Gasteiger partial charge in [-0.05, 0) is 25.1 Å². The maximum atomic E-state index is 13.4. The van der Waals surface area contributed by atoms with E-state index in [0.717, 1.165) is 23.7 Å². The highest BCUT2D eigenvalue weighted by Crippen LogP contribution is 2.39. The topological polar surface area (TPSA) is 114 Å². The SMILES string of the molecule is CC(Oc1cc(-n2cnc3ccc(OS(C)(=O)=O)cc32)sc1C(N)=O)c1ccccc1C(F)(F)F. The molecule has 2 N–H and O–H groups in total. The number of fused-ring (bicyclic) bond motifs is 1. The van der Waals surface area contributed by atoms with Crippen LogP contribution in [0, 0.1) is 0 Å². The van der Waals surface area contributed by atoms with Gasteiger partial charge in [0.15, 0.2) is 0 Å². The van der Waals surface area contributed by atoms with Crippen LogP contribution in [0.2, 0.25) is 0 Å². The van der Waals surface area contributed by atoms with Crippen LogP contribution in [0.4, 0.5) is 13.2 Å². The Morgan fingerprint density at radius 2 is 1.89 bits per heavy atom. The summed E-state index contributed by atoms with van der Waals surface area (Å²) in [6.07, 6.45) is -3.28. The van der Waals surface area contributed by atoms with Gasteiger partial charge in [-0.15, -0.1) is 11.3 Å². The molecule has 0 fully saturated rings. The summed E-state index contributed by atoms with van der Waals surface area (Å²) in [5, 5.41) is 0.420. The summed E-state index contributed by atoms with van der Waals surface area (Å²) >= 11 is 0.948. The Morgan fingerprint density at radius 3 is 2.54 bits per heavy atom. The summed E-state index contributed by atoms with van der Waals surface area (Å²) in [5.41, 5.74) is 5.53. The van der Waals surface area contributed by atoms with Crippen LogP contribution in [0.5, 0.6) is 11.5 Å². The zero-order valence-corrected chi connectivity index (χ0v) is 19.9. The van der Waals surface area contributed by atoms with Crippen LogP contribution in [0.15, 0.2) is 54.9 Å². The number of carbonyl (C=O) groups excluding carboxylic acids is 1. The van der Waals surface area contributed by atoms with Crippen molar-refractivity contribution in [2.75, 3.05) is 6.26 Å². The Balaban J connectivity index is 1.73. The molecule has 0 aliphatic heterocycles. The zero-order valence-electron chi connectivity index (χ0n) is 18.2. The lowest BCUT2D eigenvalue weighted by Crippen LogP contribution is -2.15. The number of alkyl halides is 3. The summed E-state index contributed by atoms with van der Waals surface area (Å²) in [7, 11) is -3.76. The van der Waals surface area contributed by atoms with Crippen molar-refractivity contribution >= 4 is 38.4 Å². The number of imidazole rings is 1. The lowest BCUT2D eigenvalue weighted by molar-refractivity contribution is -0.139. The van der Waals surface area contributed by atoms with Crippen molar-refractivity contribution in [3.05, 3.63) is 70.9 Å². The summed E-state index contributed by atoms with van der Waals surface area (Å²) in [4.78, 5) is 16.3. The molecule has 2 heterocycles. The van der Waals surface area contributed by atoms with Gasteiger partial charge < -0.3 is 14.7 Å². The summed E-state index contributed by atoms with van der Waals surface area (Å²) in [6, 6.07) is 10.9. The van der Waals surface area contributed by atoms with Crippen molar-refractivity contribution in [1.82, 2.24) is 9.55 Å². The Bertz CT molecular complexity index is 1530. The molecule has 0 aliphatic carbocycles. The van der Waals surface area contributed by atoms with E-state index in [4.69, 9.17) is 14.7 Å². The predicted molar refractivity (Wildman–Crippen MR) is 123 cm³/mol. The predicted octanol–water partition coefficient (Wildman–Crippen LogP) is 4.68. The van der Waals surface area contributed by atoms with Gasteiger partial charge in [-0.25, -0.2) is 4.98 Å². The number of hydrogen-bond donors (Lipinski definition) is 1. The minimum atomic E-state index is -4.58. The Labute approximate surface area is 201 Å². The van der Waals surface area contributed by atoms with Crippen molar-refractivity contribution in [1.29, 1.82) is 0 Å². The minimum absolute atomic E-state index is 0.00160. The van der Waals surface area contributed by atoms with E-state index < -0.39 is 33.9 Å². The molecule has 1 unspecified atom stereocenters. The van der Waals surface area contributed by atoms with Crippen molar-refractivity contribution in [2.24, 2.45) is 5.73 Å². The van der Waals surface area contributed by atoms with Crippen molar-refractivity contribution in [3.63, 3.8) is 0 Å². The second-order valence-corrected chi connectivity index (χ2v) is 10.1. The maximum absolute atomic E-state index is 13.4. The fraction of sp³-hybridized carbons (Fsp3) is 0.182. The average molecular weight is 526 g/mol. The first-order valence-corrected chi connectivity index (χ1v) is 12.6. The third-order valence-corrected chi connectivity index (χ3v) is 6.55. The fourth-order valence-electron chi connectivity index (χ4n) is 3.49. The molecule has 35 heavy (non-hydrogen) atoms. The number of benzene rings is 2. The molecular formula is C22H18F3N3O5S2. The molecule has 1 amide bonds. The number of nitrogens with zero attached hydrogens (tertiary/aromatic N) is 2. The van der Waals surface area contributed by atoms with Crippen LogP contribution in [-0.4, -0.2) is 30.1 Å². The Morgan fingerprint density at radius 1 is 1.17 bits per heavy atom. The lowest BCUT2D eigenvalue weighted by atomic mass is 10.0. The molecule has 1 atom stereocenters. The minimum Gasteiger partial charge on any atom is -0.484 e. The first-order chi connectivity index (χ1) is 16.3. The number of nitrogens with two attached hydrogens (primary N) is 1. The van der Waals surface area contributed by atoms with E-state index in [0.29, 0.717) is 16.0 Å². The molecule has 0 radical (unpaired) electrons. The van der Waals surface area contributed by atoms with Crippen LogP contribution in [0.3, 0.4) is 0 Å². The van der Waals surface area contributed by atoms with Gasteiger partial charge in [0, 0.05) is 17.7 Å². The van der Waals surface area contributed by atoms with Gasteiger partial charge in [-0.1, -0.05) is 18.2 Å². The molecule has 8 nitrogen and oxygen atoms in total. The normalized spacial score (nSPS) is 13.1. The second kappa shape index (κ2) is 8.89. The number of halogens is 3. The molecule has 2 aromatic heterocycles. The van der Waals surface area contributed by atoms with Crippen LogP contribution < -0.4 is 14.7 Å². The first-order valence-electron chi connectivity index (χ1n) is 9.97. The van der Waals surface area contributed by atoms with Gasteiger partial charge in [-0.3, -0.25) is 9.36 Å². The van der Waals surface area contributed by atoms with E-state index in [1.165, 1.54) is 49.6 Å². The molecule has 0 bridgehead atoms. The number of aromatic nitrogens is 2. The molecule has 184 valence electrons. The van der Waals surface area contributed by atoms with Crippen molar-refractivity contribution in [3.8, 4) is 16.5 Å². The van der Waals surface area contributed by atoms with Crippen molar-refractivity contribution < 1.29 is 35.3 Å². The van der Waals surface area contributed by atoms with Crippen LogP contribution in [0.25, 0.3) is 16.0 Å². The van der Waals surface area contributed by atoms with Gasteiger partial charge >= 0.3 is 16.3 Å². The standard InChI is InChI=1S/C22H18F3N3O5S2/c1-12(14-5-3-4-6-15(14)22(23,24)25)32-18-10-19(34-20(18)21(26)29)28-11-27-16-8-7-13(9-17(16)28)33-35(2,30)31/h3-12H,1-2H3,(H2,26,29). The summed E-state index contributed by atoms with van der Waals surface area (Å²) in [5.74, 6) is -0.757. The number of carbonyl (C=O) groups is 1. The highest BCUT2D eigenvalue weighted by atomic mass is 32.2. The molecule has 0 saturated heterocycles. The molecule has 4 rings (SSSR count). The molecule has 0 aliphatic rings. The highest BCUT2D eigenvalue weighted by Gasteiger charge is 2.35. The highest BCUT2D eigenvalue weighted by molar-refractivity contribution is 7.86. The maximum Gasteiger partial charge on any atom is 0.416 e. The van der Waals surface area contributed by atoms with E-state index in [9.17, 15) is 26.4 Å². The lowest BCUT2D eigenvalue weighted by Gasteiger charge is -2.19. The number of hydrogen-bond acceptors (Lipinski definition) is 7. The molecule has 0 spiro atoms. The molecule has 0 saturated carbocycles. The van der Waals surface area contributed by atoms with Crippen LogP contribution in [-0.2, 0) is 16.3 Å². The third-order valence-electron chi connectivity index (χ3n) is 4.92. The van der Waals surface area contributed by atoms with Gasteiger partial charge in [-0.2, -0.15) is 21.6 Å². The van der Waals surface area contributed by atoms with Crippen molar-refractivity contribution in [2.45, 2.75) is 19.2 Å². The van der Waals surface area contributed by atoms with E-state index in [1.54, 1.807) is 10.6 Å². The van der Waals surface area contributed by atoms with Crippen LogP contribution in [0.1, 0.15) is 33.8 Å². The quantitative estimate of drug-likeness (QED) is 0.351. The zero-order chi connectivity index (χ0) is 25.5. The number of primary amides is 1. The number of ether oxygens (including phenoxy) is 1. The largest absolute Gasteiger partial charge is 0.484 e. The van der Waals surface area contributed by atoms with Gasteiger partial charge in [0.2, 0.25) is 0 Å². The number of amides is 1. The van der Waals surface area contributed by atoms with E-state index in [-0.39, 0.29) is 21.9 Å². The summed E-state index contributed by atoms with van der Waals surface area (Å²) < 4.78 is 75.5. The molecule has 13 heteroatoms. The number of thiophene rings is 1. The van der Waals surface area contributed by atoms with E-state index >= 15 is 0 Å². The second-order valence-electron chi connectivity index (χ2n) is 7.54. The molecule has 2 aromatic carbocycles. The van der Waals surface area contributed by atoms with Gasteiger partial charge in [0.25, 0.3) is 5.91 Å². The molecular weight excluding hydrogens is 507 g/mol. The van der Waals surface area contributed by atoms with Gasteiger partial charge in [0.1, 0.15) is 33.8 Å². The smallest absolute Gasteiger partial charge is 0.416 e. The van der Waals surface area contributed by atoms with Crippen LogP contribution >= 0.6 is 11.3 Å². The third kappa shape index (κ3) is 5.25.